The molecule has 150 valence electrons. The maximum absolute atomic E-state index is 12.5. The molecule has 3 rings (SSSR count). The summed E-state index contributed by atoms with van der Waals surface area (Å²) in [4.78, 5) is 16.7. The molecule has 0 saturated carbocycles. The van der Waals surface area contributed by atoms with E-state index in [0.717, 1.165) is 25.4 Å². The molecule has 0 radical (unpaired) electrons. The molecule has 0 N–H and O–H groups in total. The van der Waals surface area contributed by atoms with Crippen molar-refractivity contribution in [3.8, 4) is 17.2 Å². The van der Waals surface area contributed by atoms with Crippen LogP contribution in [0.15, 0.2) is 48.5 Å². The number of rotatable bonds is 8. The highest BCUT2D eigenvalue weighted by molar-refractivity contribution is 5.78. The third kappa shape index (κ3) is 5.39. The van der Waals surface area contributed by atoms with E-state index in [4.69, 9.17) is 14.2 Å². The summed E-state index contributed by atoms with van der Waals surface area (Å²) in [5.74, 6) is 2.13. The minimum atomic E-state index is 0.00613. The van der Waals surface area contributed by atoms with E-state index in [1.807, 2.05) is 42.2 Å². The van der Waals surface area contributed by atoms with Crippen molar-refractivity contribution in [2.45, 2.75) is 13.5 Å². The van der Waals surface area contributed by atoms with Gasteiger partial charge in [-0.1, -0.05) is 24.3 Å². The molecule has 0 atom stereocenters. The third-order valence-electron chi connectivity index (χ3n) is 4.79. The first-order chi connectivity index (χ1) is 13.7. The van der Waals surface area contributed by atoms with Crippen molar-refractivity contribution in [1.82, 2.24) is 9.80 Å². The van der Waals surface area contributed by atoms with Crippen molar-refractivity contribution >= 4 is 5.91 Å². The van der Waals surface area contributed by atoms with E-state index >= 15 is 0 Å². The monoisotopic (exact) mass is 384 g/mol. The van der Waals surface area contributed by atoms with Crippen LogP contribution in [0.5, 0.6) is 17.2 Å². The number of hydrogen-bond acceptors (Lipinski definition) is 5. The molecular formula is C22H28N2O4. The number of nitrogens with zero attached hydrogens (tertiary/aromatic N) is 2. The summed E-state index contributed by atoms with van der Waals surface area (Å²) < 4.78 is 16.4. The van der Waals surface area contributed by atoms with Gasteiger partial charge in [0.05, 0.1) is 13.7 Å². The summed E-state index contributed by atoms with van der Waals surface area (Å²) >= 11 is 0. The molecule has 1 fully saturated rings. The van der Waals surface area contributed by atoms with Crippen molar-refractivity contribution in [2.75, 3.05) is 46.5 Å². The Morgan fingerprint density at radius 1 is 0.929 bits per heavy atom. The lowest BCUT2D eigenvalue weighted by atomic mass is 10.2. The summed E-state index contributed by atoms with van der Waals surface area (Å²) in [7, 11) is 1.59. The first-order valence-corrected chi connectivity index (χ1v) is 9.67. The van der Waals surface area contributed by atoms with Gasteiger partial charge in [-0.15, -0.1) is 0 Å². The van der Waals surface area contributed by atoms with E-state index in [0.29, 0.717) is 31.2 Å². The van der Waals surface area contributed by atoms with Crippen LogP contribution in [0.3, 0.4) is 0 Å². The van der Waals surface area contributed by atoms with Gasteiger partial charge >= 0.3 is 0 Å². The summed E-state index contributed by atoms with van der Waals surface area (Å²) in [5, 5.41) is 0. The molecule has 0 bridgehead atoms. The number of carbonyl (C=O) groups excluding carboxylic acids is 1. The Morgan fingerprint density at radius 3 is 2.25 bits per heavy atom. The highest BCUT2D eigenvalue weighted by atomic mass is 16.5. The largest absolute Gasteiger partial charge is 0.494 e. The molecular weight excluding hydrogens is 356 g/mol. The average molecular weight is 384 g/mol. The maximum atomic E-state index is 12.5. The lowest BCUT2D eigenvalue weighted by Gasteiger charge is -2.34. The van der Waals surface area contributed by atoms with Gasteiger partial charge < -0.3 is 19.1 Å². The molecule has 6 heteroatoms. The summed E-state index contributed by atoms with van der Waals surface area (Å²) in [5.41, 5.74) is 1.25. The van der Waals surface area contributed by atoms with Crippen molar-refractivity contribution in [1.29, 1.82) is 0 Å². The quantitative estimate of drug-likeness (QED) is 0.701. The molecule has 6 nitrogen and oxygen atoms in total. The van der Waals surface area contributed by atoms with Crippen LogP contribution < -0.4 is 14.2 Å². The van der Waals surface area contributed by atoms with Crippen LogP contribution in [0.1, 0.15) is 12.5 Å². The van der Waals surface area contributed by atoms with Gasteiger partial charge in [-0.25, -0.2) is 0 Å². The van der Waals surface area contributed by atoms with Gasteiger partial charge in [0.25, 0.3) is 5.91 Å². The zero-order valence-corrected chi connectivity index (χ0v) is 16.6. The van der Waals surface area contributed by atoms with Gasteiger partial charge in [-0.05, 0) is 36.8 Å². The van der Waals surface area contributed by atoms with Crippen LogP contribution in [0.25, 0.3) is 0 Å². The smallest absolute Gasteiger partial charge is 0.260 e. The van der Waals surface area contributed by atoms with E-state index in [1.165, 1.54) is 5.56 Å². The molecule has 1 aliphatic heterocycles. The minimum absolute atomic E-state index is 0.00613. The van der Waals surface area contributed by atoms with Gasteiger partial charge in [0.1, 0.15) is 5.75 Å². The first-order valence-electron chi connectivity index (χ1n) is 9.67. The highest BCUT2D eigenvalue weighted by Gasteiger charge is 2.21. The molecule has 28 heavy (non-hydrogen) atoms. The summed E-state index contributed by atoms with van der Waals surface area (Å²) in [6.07, 6.45) is 0. The van der Waals surface area contributed by atoms with E-state index in [-0.39, 0.29) is 12.5 Å². The highest BCUT2D eigenvalue weighted by Crippen LogP contribution is 2.25. The molecule has 1 amide bonds. The van der Waals surface area contributed by atoms with Crippen LogP contribution >= 0.6 is 0 Å². The predicted molar refractivity (Wildman–Crippen MR) is 108 cm³/mol. The second-order valence-electron chi connectivity index (χ2n) is 6.67. The van der Waals surface area contributed by atoms with Crippen LogP contribution in [-0.4, -0.2) is 62.2 Å². The molecule has 2 aromatic rings. The topological polar surface area (TPSA) is 51.2 Å². The third-order valence-corrected chi connectivity index (χ3v) is 4.79. The second-order valence-corrected chi connectivity index (χ2v) is 6.67. The lowest BCUT2D eigenvalue weighted by Crippen LogP contribution is -2.49. The Bertz CT molecular complexity index is 755. The zero-order valence-electron chi connectivity index (χ0n) is 16.6. The summed E-state index contributed by atoms with van der Waals surface area (Å²) in [6.45, 7) is 6.70. The Hall–Kier alpha value is -2.73. The van der Waals surface area contributed by atoms with Gasteiger partial charge in [-0.3, -0.25) is 9.69 Å². The number of para-hydroxylation sites is 2. The van der Waals surface area contributed by atoms with E-state index in [9.17, 15) is 4.79 Å². The molecule has 0 aliphatic carbocycles. The SMILES string of the molecule is CCOc1ccc(CN2CCN(C(=O)COc3ccccc3OC)CC2)cc1. The maximum Gasteiger partial charge on any atom is 0.260 e. The molecule has 1 aliphatic rings. The Kier molecular flexibility index (Phi) is 7.14. The standard InChI is InChI=1S/C22H28N2O4/c1-3-27-19-10-8-18(9-11-19)16-23-12-14-24(15-13-23)22(25)17-28-21-7-5-4-6-20(21)26-2/h4-11H,3,12-17H2,1-2H3. The van der Waals surface area contributed by atoms with E-state index in [2.05, 4.69) is 17.0 Å². The van der Waals surface area contributed by atoms with Crippen molar-refractivity contribution in [3.63, 3.8) is 0 Å². The Labute approximate surface area is 166 Å². The Morgan fingerprint density at radius 2 is 1.61 bits per heavy atom. The average Bonchev–Trinajstić information content (AvgIpc) is 2.74. The molecule has 1 saturated heterocycles. The molecule has 0 spiro atoms. The normalized spacial score (nSPS) is 14.6. The lowest BCUT2D eigenvalue weighted by molar-refractivity contribution is -0.135. The van der Waals surface area contributed by atoms with Crippen LogP contribution in [0.2, 0.25) is 0 Å². The Balaban J connectivity index is 1.43. The fraction of sp³-hybridized carbons (Fsp3) is 0.409. The number of ether oxygens (including phenoxy) is 3. The van der Waals surface area contributed by atoms with Crippen molar-refractivity contribution in [3.05, 3.63) is 54.1 Å². The van der Waals surface area contributed by atoms with Gasteiger partial charge in [0.15, 0.2) is 18.1 Å². The number of piperazine rings is 1. The molecule has 0 aromatic heterocycles. The van der Waals surface area contributed by atoms with Gasteiger partial charge in [-0.2, -0.15) is 0 Å². The van der Waals surface area contributed by atoms with Gasteiger partial charge in [0.2, 0.25) is 0 Å². The molecule has 1 heterocycles. The number of amides is 1. The minimum Gasteiger partial charge on any atom is -0.494 e. The molecule has 2 aromatic carbocycles. The summed E-state index contributed by atoms with van der Waals surface area (Å²) in [6, 6.07) is 15.6. The number of benzene rings is 2. The van der Waals surface area contributed by atoms with Crippen molar-refractivity contribution < 1.29 is 19.0 Å². The second kappa shape index (κ2) is 9.99. The van der Waals surface area contributed by atoms with E-state index < -0.39 is 0 Å². The van der Waals surface area contributed by atoms with E-state index in [1.54, 1.807) is 13.2 Å². The number of carbonyl (C=O) groups is 1. The van der Waals surface area contributed by atoms with Crippen LogP contribution in [0.4, 0.5) is 0 Å². The van der Waals surface area contributed by atoms with Crippen LogP contribution in [0, 0.1) is 0 Å². The number of methoxy groups -OCH3 is 1. The van der Waals surface area contributed by atoms with Gasteiger partial charge in [0, 0.05) is 32.7 Å². The van der Waals surface area contributed by atoms with Crippen molar-refractivity contribution in [2.24, 2.45) is 0 Å². The number of hydrogen-bond donors (Lipinski definition) is 0. The first kappa shape index (κ1) is 20.0. The fourth-order valence-corrected chi connectivity index (χ4v) is 3.24. The van der Waals surface area contributed by atoms with Crippen LogP contribution in [-0.2, 0) is 11.3 Å². The predicted octanol–water partition coefficient (Wildman–Crippen LogP) is 2.82. The molecule has 0 unspecified atom stereocenters. The zero-order chi connectivity index (χ0) is 19.8. The fourth-order valence-electron chi connectivity index (χ4n) is 3.24.